The van der Waals surface area contributed by atoms with Crippen LogP contribution in [0, 0.1) is 0 Å². The molecule has 1 atom stereocenters. The SMILES string of the molecule is CC(c1nnnn1-c1ccc(Br)cc1)N1C(=O)c2ccccc2C1=O. The number of halogens is 1. The molecule has 0 fully saturated rings. The lowest BCUT2D eigenvalue weighted by Crippen LogP contribution is -2.34. The molecule has 25 heavy (non-hydrogen) atoms. The van der Waals surface area contributed by atoms with Gasteiger partial charge < -0.3 is 0 Å². The second kappa shape index (κ2) is 5.89. The molecule has 2 heterocycles. The van der Waals surface area contributed by atoms with E-state index in [9.17, 15) is 9.59 Å². The van der Waals surface area contributed by atoms with Gasteiger partial charge in [-0.3, -0.25) is 14.5 Å². The Morgan fingerprint density at radius 1 is 0.960 bits per heavy atom. The zero-order valence-electron chi connectivity index (χ0n) is 13.1. The van der Waals surface area contributed by atoms with Crippen molar-refractivity contribution in [3.05, 3.63) is 70.0 Å². The molecule has 1 unspecified atom stereocenters. The Hall–Kier alpha value is -2.87. The average Bonchev–Trinajstić information content (AvgIpc) is 3.20. The summed E-state index contributed by atoms with van der Waals surface area (Å²) in [6.45, 7) is 1.74. The summed E-state index contributed by atoms with van der Waals surface area (Å²) in [5.74, 6) is -0.256. The van der Waals surface area contributed by atoms with Gasteiger partial charge in [-0.2, -0.15) is 4.68 Å². The van der Waals surface area contributed by atoms with Gasteiger partial charge in [-0.25, -0.2) is 0 Å². The number of fused-ring (bicyclic) bond motifs is 1. The minimum Gasteiger partial charge on any atom is -0.269 e. The number of hydrogen-bond donors (Lipinski definition) is 0. The third-order valence-electron chi connectivity index (χ3n) is 4.15. The molecule has 124 valence electrons. The lowest BCUT2D eigenvalue weighted by atomic mass is 10.1. The van der Waals surface area contributed by atoms with Crippen LogP contribution in [0.5, 0.6) is 0 Å². The first-order chi connectivity index (χ1) is 12.1. The molecule has 4 rings (SSSR count). The molecule has 0 spiro atoms. The Bertz CT molecular complexity index is 948. The smallest absolute Gasteiger partial charge is 0.262 e. The van der Waals surface area contributed by atoms with Crippen molar-refractivity contribution in [1.82, 2.24) is 25.1 Å². The zero-order chi connectivity index (χ0) is 17.6. The van der Waals surface area contributed by atoms with Crippen molar-refractivity contribution in [2.24, 2.45) is 0 Å². The van der Waals surface area contributed by atoms with Crippen molar-refractivity contribution >= 4 is 27.7 Å². The molecule has 3 aromatic rings. The summed E-state index contributed by atoms with van der Waals surface area (Å²) in [6.07, 6.45) is 0. The highest BCUT2D eigenvalue weighted by molar-refractivity contribution is 9.10. The summed E-state index contributed by atoms with van der Waals surface area (Å²) in [6, 6.07) is 13.6. The van der Waals surface area contributed by atoms with Crippen molar-refractivity contribution in [1.29, 1.82) is 0 Å². The quantitative estimate of drug-likeness (QED) is 0.634. The largest absolute Gasteiger partial charge is 0.269 e. The highest BCUT2D eigenvalue weighted by Gasteiger charge is 2.40. The van der Waals surface area contributed by atoms with Crippen molar-refractivity contribution in [3.63, 3.8) is 0 Å². The molecule has 1 aliphatic heterocycles. The fourth-order valence-corrected chi connectivity index (χ4v) is 3.16. The molecule has 0 N–H and O–H groups in total. The van der Waals surface area contributed by atoms with Crippen LogP contribution in [-0.4, -0.2) is 36.9 Å². The molecule has 0 bridgehead atoms. The maximum atomic E-state index is 12.7. The fraction of sp³-hybridized carbons (Fsp3) is 0.118. The Balaban J connectivity index is 1.73. The van der Waals surface area contributed by atoms with Crippen molar-refractivity contribution in [3.8, 4) is 5.69 Å². The van der Waals surface area contributed by atoms with Gasteiger partial charge in [-0.15, -0.1) is 5.10 Å². The van der Waals surface area contributed by atoms with E-state index in [0.717, 1.165) is 10.2 Å². The minimum atomic E-state index is -0.606. The number of benzene rings is 2. The molecular formula is C17H12BrN5O2. The van der Waals surface area contributed by atoms with Crippen LogP contribution < -0.4 is 0 Å². The van der Waals surface area contributed by atoms with Crippen LogP contribution in [0.25, 0.3) is 5.69 Å². The predicted molar refractivity (Wildman–Crippen MR) is 92.2 cm³/mol. The molecule has 0 saturated carbocycles. The normalized spacial score (nSPS) is 14.7. The lowest BCUT2D eigenvalue weighted by molar-refractivity contribution is 0.0587. The fourth-order valence-electron chi connectivity index (χ4n) is 2.90. The van der Waals surface area contributed by atoms with Crippen LogP contribution >= 0.6 is 15.9 Å². The number of aromatic nitrogens is 4. The van der Waals surface area contributed by atoms with Gasteiger partial charge in [-0.1, -0.05) is 28.1 Å². The van der Waals surface area contributed by atoms with Crippen LogP contribution in [0.3, 0.4) is 0 Å². The van der Waals surface area contributed by atoms with E-state index in [-0.39, 0.29) is 11.8 Å². The van der Waals surface area contributed by atoms with Crippen LogP contribution in [0.1, 0.15) is 39.5 Å². The average molecular weight is 398 g/mol. The van der Waals surface area contributed by atoms with E-state index >= 15 is 0 Å². The van der Waals surface area contributed by atoms with E-state index < -0.39 is 6.04 Å². The number of carbonyl (C=O) groups is 2. The highest BCUT2D eigenvalue weighted by Crippen LogP contribution is 2.30. The van der Waals surface area contributed by atoms with E-state index in [1.807, 2.05) is 24.3 Å². The van der Waals surface area contributed by atoms with Gasteiger partial charge in [0.1, 0.15) is 0 Å². The van der Waals surface area contributed by atoms with Crippen molar-refractivity contribution in [2.75, 3.05) is 0 Å². The Morgan fingerprint density at radius 3 is 2.16 bits per heavy atom. The van der Waals surface area contributed by atoms with E-state index in [0.29, 0.717) is 17.0 Å². The lowest BCUT2D eigenvalue weighted by Gasteiger charge is -2.21. The first-order valence-electron chi connectivity index (χ1n) is 7.59. The number of amides is 2. The second-order valence-electron chi connectivity index (χ2n) is 5.63. The number of imide groups is 1. The Labute approximate surface area is 151 Å². The molecule has 0 aliphatic carbocycles. The highest BCUT2D eigenvalue weighted by atomic mass is 79.9. The topological polar surface area (TPSA) is 81.0 Å². The van der Waals surface area contributed by atoms with Gasteiger partial charge in [-0.05, 0) is 53.7 Å². The van der Waals surface area contributed by atoms with Gasteiger partial charge in [0, 0.05) is 4.47 Å². The minimum absolute atomic E-state index is 0.335. The molecule has 7 nitrogen and oxygen atoms in total. The molecule has 2 amide bonds. The Kier molecular flexibility index (Phi) is 3.69. The molecule has 8 heteroatoms. The van der Waals surface area contributed by atoms with E-state index in [2.05, 4.69) is 31.5 Å². The standard InChI is InChI=1S/C17H12BrN5O2/c1-10(22-16(24)13-4-2-3-5-14(13)17(22)25)15-19-20-21-23(15)12-8-6-11(18)7-9-12/h2-10H,1H3. The number of rotatable bonds is 3. The maximum absolute atomic E-state index is 12.7. The summed E-state index contributed by atoms with van der Waals surface area (Å²) in [4.78, 5) is 26.5. The van der Waals surface area contributed by atoms with Crippen molar-refractivity contribution < 1.29 is 9.59 Å². The monoisotopic (exact) mass is 397 g/mol. The second-order valence-corrected chi connectivity index (χ2v) is 6.54. The van der Waals surface area contributed by atoms with Crippen LogP contribution in [-0.2, 0) is 0 Å². The predicted octanol–water partition coefficient (Wildman–Crippen LogP) is 2.78. The molecule has 0 saturated heterocycles. The summed E-state index contributed by atoms with van der Waals surface area (Å²) in [5.41, 5.74) is 1.55. The molecule has 1 aliphatic rings. The summed E-state index contributed by atoms with van der Waals surface area (Å²) in [7, 11) is 0. The number of nitrogens with zero attached hydrogens (tertiary/aromatic N) is 5. The number of hydrogen-bond acceptors (Lipinski definition) is 5. The summed E-state index contributed by atoms with van der Waals surface area (Å²) < 4.78 is 2.46. The van der Waals surface area contributed by atoms with Crippen LogP contribution in [0.2, 0.25) is 0 Å². The number of tetrazole rings is 1. The van der Waals surface area contributed by atoms with E-state index in [4.69, 9.17) is 0 Å². The van der Waals surface area contributed by atoms with Gasteiger partial charge >= 0.3 is 0 Å². The van der Waals surface area contributed by atoms with E-state index in [1.54, 1.807) is 31.2 Å². The van der Waals surface area contributed by atoms with Gasteiger partial charge in [0.25, 0.3) is 11.8 Å². The zero-order valence-corrected chi connectivity index (χ0v) is 14.7. The van der Waals surface area contributed by atoms with Crippen LogP contribution in [0.4, 0.5) is 0 Å². The summed E-state index contributed by atoms with van der Waals surface area (Å²) in [5, 5.41) is 11.7. The molecule has 0 radical (unpaired) electrons. The molecule has 2 aromatic carbocycles. The van der Waals surface area contributed by atoms with Gasteiger partial charge in [0.15, 0.2) is 5.82 Å². The van der Waals surface area contributed by atoms with Gasteiger partial charge in [0.2, 0.25) is 0 Å². The summed E-state index contributed by atoms with van der Waals surface area (Å²) >= 11 is 3.38. The Morgan fingerprint density at radius 2 is 1.56 bits per heavy atom. The van der Waals surface area contributed by atoms with E-state index in [1.165, 1.54) is 9.58 Å². The number of carbonyl (C=O) groups excluding carboxylic acids is 2. The maximum Gasteiger partial charge on any atom is 0.262 e. The third kappa shape index (κ3) is 2.45. The first kappa shape index (κ1) is 15.6. The third-order valence-corrected chi connectivity index (χ3v) is 4.68. The molecular weight excluding hydrogens is 386 g/mol. The van der Waals surface area contributed by atoms with Gasteiger partial charge in [0.05, 0.1) is 22.9 Å². The first-order valence-corrected chi connectivity index (χ1v) is 8.38. The van der Waals surface area contributed by atoms with Crippen molar-refractivity contribution in [2.45, 2.75) is 13.0 Å². The molecule has 1 aromatic heterocycles. The van der Waals surface area contributed by atoms with Crippen LogP contribution in [0.15, 0.2) is 53.0 Å².